The maximum Gasteiger partial charge on any atom is 0.416 e. The summed E-state index contributed by atoms with van der Waals surface area (Å²) >= 11 is 0. The molecule has 0 spiro atoms. The molecule has 3 aromatic carbocycles. The van der Waals surface area contributed by atoms with Crippen LogP contribution in [0.5, 0.6) is 0 Å². The molecular formula is C22H18F3NO3. The Labute approximate surface area is 165 Å². The first-order chi connectivity index (χ1) is 13.7. The summed E-state index contributed by atoms with van der Waals surface area (Å²) in [5.74, 6) is -1.75. The Kier molecular flexibility index (Phi) is 5.87. The maximum absolute atomic E-state index is 12.6. The number of benzene rings is 3. The third kappa shape index (κ3) is 5.13. The summed E-state index contributed by atoms with van der Waals surface area (Å²) in [6.07, 6.45) is -4.57. The predicted molar refractivity (Wildman–Crippen MR) is 102 cm³/mol. The van der Waals surface area contributed by atoms with E-state index in [1.54, 1.807) is 6.07 Å². The molecule has 4 nitrogen and oxygen atoms in total. The van der Waals surface area contributed by atoms with Crippen LogP contribution in [0, 0.1) is 0 Å². The van der Waals surface area contributed by atoms with Crippen LogP contribution in [0.3, 0.4) is 0 Å². The standard InChI is InChI=1S/C22H18F3NO3/c23-22(24,25)17-10-8-14(9-11-17)12-20(27)26-19(21(28)29)13-16-6-3-5-15-4-1-2-7-18(15)16/h1-11,19H,12-13H2,(H,26,27)(H,28,29)/t19-/m1/s1. The number of hydrogen-bond donors (Lipinski definition) is 2. The van der Waals surface area contributed by atoms with E-state index in [4.69, 9.17) is 0 Å². The monoisotopic (exact) mass is 401 g/mol. The van der Waals surface area contributed by atoms with Crippen molar-refractivity contribution >= 4 is 22.6 Å². The highest BCUT2D eigenvalue weighted by Gasteiger charge is 2.30. The summed E-state index contributed by atoms with van der Waals surface area (Å²) in [5, 5.41) is 13.8. The zero-order valence-corrected chi connectivity index (χ0v) is 15.2. The summed E-state index contributed by atoms with van der Waals surface area (Å²) < 4.78 is 37.8. The van der Waals surface area contributed by atoms with Crippen LogP contribution in [0.25, 0.3) is 10.8 Å². The molecule has 0 aliphatic carbocycles. The average molecular weight is 401 g/mol. The highest BCUT2D eigenvalue weighted by atomic mass is 19.4. The molecule has 0 fully saturated rings. The van der Waals surface area contributed by atoms with Crippen molar-refractivity contribution in [2.75, 3.05) is 0 Å². The molecule has 0 aliphatic heterocycles. The second kappa shape index (κ2) is 8.34. The fourth-order valence-electron chi connectivity index (χ4n) is 3.13. The number of rotatable bonds is 6. The van der Waals surface area contributed by atoms with E-state index < -0.39 is 29.7 Å². The first-order valence-corrected chi connectivity index (χ1v) is 8.89. The molecule has 7 heteroatoms. The Morgan fingerprint density at radius 3 is 2.24 bits per heavy atom. The van der Waals surface area contributed by atoms with Crippen molar-refractivity contribution < 1.29 is 27.9 Å². The lowest BCUT2D eigenvalue weighted by Crippen LogP contribution is -2.43. The number of hydrogen-bond acceptors (Lipinski definition) is 2. The lowest BCUT2D eigenvalue weighted by atomic mass is 9.98. The van der Waals surface area contributed by atoms with Gasteiger partial charge in [0.25, 0.3) is 0 Å². The highest BCUT2D eigenvalue weighted by Crippen LogP contribution is 2.29. The summed E-state index contributed by atoms with van der Waals surface area (Å²) in [6.45, 7) is 0. The molecule has 2 N–H and O–H groups in total. The van der Waals surface area contributed by atoms with Crippen molar-refractivity contribution in [3.63, 3.8) is 0 Å². The molecule has 1 atom stereocenters. The SMILES string of the molecule is O=C(Cc1ccc(C(F)(F)F)cc1)N[C@H](Cc1cccc2ccccc12)C(=O)O. The zero-order chi connectivity index (χ0) is 21.0. The Hall–Kier alpha value is -3.35. The minimum atomic E-state index is -4.45. The van der Waals surface area contributed by atoms with E-state index in [1.807, 2.05) is 36.4 Å². The second-order valence-corrected chi connectivity index (χ2v) is 6.67. The van der Waals surface area contributed by atoms with Gasteiger partial charge in [0, 0.05) is 6.42 Å². The first kappa shape index (κ1) is 20.4. The number of halogens is 3. The van der Waals surface area contributed by atoms with Crippen LogP contribution in [0.2, 0.25) is 0 Å². The van der Waals surface area contributed by atoms with Gasteiger partial charge < -0.3 is 10.4 Å². The molecule has 0 aliphatic rings. The number of nitrogens with one attached hydrogen (secondary N) is 1. The van der Waals surface area contributed by atoms with Gasteiger partial charge in [-0.3, -0.25) is 4.79 Å². The van der Waals surface area contributed by atoms with Crippen molar-refractivity contribution in [2.24, 2.45) is 0 Å². The number of fused-ring (bicyclic) bond motifs is 1. The van der Waals surface area contributed by atoms with E-state index in [9.17, 15) is 27.9 Å². The number of carboxylic acids is 1. The Balaban J connectivity index is 1.70. The third-order valence-corrected chi connectivity index (χ3v) is 4.58. The molecule has 0 unspecified atom stereocenters. The van der Waals surface area contributed by atoms with Crippen LogP contribution in [0.1, 0.15) is 16.7 Å². The van der Waals surface area contributed by atoms with Gasteiger partial charge in [-0.2, -0.15) is 13.2 Å². The molecule has 3 aromatic rings. The van der Waals surface area contributed by atoms with Crippen LogP contribution >= 0.6 is 0 Å². The largest absolute Gasteiger partial charge is 0.480 e. The molecule has 1 amide bonds. The van der Waals surface area contributed by atoms with E-state index in [2.05, 4.69) is 5.32 Å². The van der Waals surface area contributed by atoms with Gasteiger partial charge in [-0.05, 0) is 34.0 Å². The van der Waals surface area contributed by atoms with Crippen molar-refractivity contribution in [1.82, 2.24) is 5.32 Å². The van der Waals surface area contributed by atoms with Crippen molar-refractivity contribution in [3.05, 3.63) is 83.4 Å². The minimum absolute atomic E-state index is 0.0927. The van der Waals surface area contributed by atoms with Crippen molar-refractivity contribution in [1.29, 1.82) is 0 Å². The molecule has 0 aromatic heterocycles. The molecular weight excluding hydrogens is 383 g/mol. The van der Waals surface area contributed by atoms with Crippen LogP contribution in [-0.2, 0) is 28.6 Å². The van der Waals surface area contributed by atoms with Crippen LogP contribution < -0.4 is 5.32 Å². The van der Waals surface area contributed by atoms with Gasteiger partial charge in [-0.25, -0.2) is 4.79 Å². The molecule has 0 radical (unpaired) electrons. The van der Waals surface area contributed by atoms with E-state index in [-0.39, 0.29) is 12.8 Å². The Morgan fingerprint density at radius 2 is 1.59 bits per heavy atom. The molecule has 29 heavy (non-hydrogen) atoms. The smallest absolute Gasteiger partial charge is 0.416 e. The normalized spacial score (nSPS) is 12.5. The lowest BCUT2D eigenvalue weighted by molar-refractivity contribution is -0.141. The van der Waals surface area contributed by atoms with Gasteiger partial charge >= 0.3 is 12.1 Å². The van der Waals surface area contributed by atoms with Crippen LogP contribution in [0.15, 0.2) is 66.7 Å². The van der Waals surface area contributed by atoms with Gasteiger partial charge in [0.1, 0.15) is 6.04 Å². The van der Waals surface area contributed by atoms with E-state index in [0.29, 0.717) is 5.56 Å². The molecule has 0 heterocycles. The van der Waals surface area contributed by atoms with Crippen molar-refractivity contribution in [2.45, 2.75) is 25.1 Å². The molecule has 0 saturated carbocycles. The van der Waals surface area contributed by atoms with Gasteiger partial charge in [0.15, 0.2) is 0 Å². The summed E-state index contributed by atoms with van der Waals surface area (Å²) in [5.41, 5.74) is 0.344. The van der Waals surface area contributed by atoms with Crippen molar-refractivity contribution in [3.8, 4) is 0 Å². The van der Waals surface area contributed by atoms with Crippen LogP contribution in [0.4, 0.5) is 13.2 Å². The lowest BCUT2D eigenvalue weighted by Gasteiger charge is -2.16. The number of aliphatic carboxylic acids is 1. The summed E-state index contributed by atoms with van der Waals surface area (Å²) in [6, 6.07) is 16.1. The molecule has 0 saturated heterocycles. The summed E-state index contributed by atoms with van der Waals surface area (Å²) in [7, 11) is 0. The fraction of sp³-hybridized carbons (Fsp3) is 0.182. The first-order valence-electron chi connectivity index (χ1n) is 8.89. The Bertz CT molecular complexity index is 1020. The van der Waals surface area contributed by atoms with Gasteiger partial charge in [-0.15, -0.1) is 0 Å². The quantitative estimate of drug-likeness (QED) is 0.650. The van der Waals surface area contributed by atoms with Gasteiger partial charge in [0.2, 0.25) is 5.91 Å². The number of alkyl halides is 3. The molecule has 0 bridgehead atoms. The molecule has 150 valence electrons. The van der Waals surface area contributed by atoms with Crippen LogP contribution in [-0.4, -0.2) is 23.0 Å². The van der Waals surface area contributed by atoms with Gasteiger partial charge in [0.05, 0.1) is 12.0 Å². The van der Waals surface area contributed by atoms with E-state index in [0.717, 1.165) is 28.5 Å². The second-order valence-electron chi connectivity index (χ2n) is 6.67. The third-order valence-electron chi connectivity index (χ3n) is 4.58. The molecule has 3 rings (SSSR count). The van der Waals surface area contributed by atoms with Gasteiger partial charge in [-0.1, -0.05) is 54.6 Å². The fourth-order valence-corrected chi connectivity index (χ4v) is 3.13. The zero-order valence-electron chi connectivity index (χ0n) is 15.2. The highest BCUT2D eigenvalue weighted by molar-refractivity contribution is 5.88. The Morgan fingerprint density at radius 1 is 0.931 bits per heavy atom. The average Bonchev–Trinajstić information content (AvgIpc) is 2.67. The van der Waals surface area contributed by atoms with E-state index >= 15 is 0 Å². The topological polar surface area (TPSA) is 66.4 Å². The number of carboxylic acid groups (broad SMARTS) is 1. The number of carbonyl (C=O) groups is 2. The predicted octanol–water partition coefficient (Wildman–Crippen LogP) is 4.21. The van der Waals surface area contributed by atoms with E-state index in [1.165, 1.54) is 12.1 Å². The number of amides is 1. The maximum atomic E-state index is 12.6. The minimum Gasteiger partial charge on any atom is -0.480 e. The number of carbonyl (C=O) groups excluding carboxylic acids is 1. The summed E-state index contributed by atoms with van der Waals surface area (Å²) in [4.78, 5) is 23.9.